The molecule has 0 aliphatic heterocycles. The Morgan fingerprint density at radius 1 is 1.12 bits per heavy atom. The fourth-order valence-electron chi connectivity index (χ4n) is 2.89. The van der Waals surface area contributed by atoms with Crippen molar-refractivity contribution in [2.45, 2.75) is 77.2 Å². The minimum absolute atomic E-state index is 0.294. The lowest BCUT2D eigenvalue weighted by atomic mass is 9.92. The molecule has 0 bridgehead atoms. The van der Waals surface area contributed by atoms with Crippen LogP contribution in [0.2, 0.25) is 0 Å². The van der Waals surface area contributed by atoms with Gasteiger partial charge in [-0.3, -0.25) is 4.79 Å². The quantitative estimate of drug-likeness (QED) is 0.515. The number of hydrogen-bond donors (Lipinski definition) is 2. The molecule has 0 aliphatic rings. The second-order valence-electron chi connectivity index (χ2n) is 7.70. The molecule has 1 aromatic rings. The molecule has 0 aliphatic carbocycles. The van der Waals surface area contributed by atoms with Crippen LogP contribution in [-0.2, 0) is 4.79 Å². The maximum absolute atomic E-state index is 11.9. The van der Waals surface area contributed by atoms with E-state index in [9.17, 15) is 4.79 Å². The Balaban J connectivity index is 2.74. The van der Waals surface area contributed by atoms with Gasteiger partial charge in [-0.1, -0.05) is 51.5 Å². The highest BCUT2D eigenvalue weighted by molar-refractivity contribution is 5.82. The summed E-state index contributed by atoms with van der Waals surface area (Å²) < 4.78 is 11.2. The Morgan fingerprint density at radius 2 is 1.77 bits per heavy atom. The number of hydrogen-bond acceptors (Lipinski definition) is 4. The monoisotopic (exact) mass is 364 g/mol. The molecule has 0 fully saturated rings. The molecule has 4 N–H and O–H groups in total. The van der Waals surface area contributed by atoms with Gasteiger partial charge in [0.25, 0.3) is 0 Å². The first-order valence-electron chi connectivity index (χ1n) is 9.67. The molecular formula is C21H36N2O3. The number of nitrogens with two attached hydrogens (primary N) is 2. The molecule has 1 amide bonds. The van der Waals surface area contributed by atoms with E-state index in [2.05, 4.69) is 6.92 Å². The van der Waals surface area contributed by atoms with Gasteiger partial charge in [-0.15, -0.1) is 0 Å². The van der Waals surface area contributed by atoms with Crippen LogP contribution in [0.4, 0.5) is 0 Å². The molecule has 0 spiro atoms. The van der Waals surface area contributed by atoms with Crippen LogP contribution in [0.5, 0.6) is 11.5 Å². The SMILES string of the molecule is CCCCCCCCC(C(N)=O)c1ccc(OCC(C)(C)N)c(OC)c1. The number of carbonyl (C=O) groups excluding carboxylic acids is 1. The summed E-state index contributed by atoms with van der Waals surface area (Å²) in [4.78, 5) is 11.9. The Kier molecular flexibility index (Phi) is 9.49. The standard InChI is InChI=1S/C21H36N2O3/c1-5-6-7-8-9-10-11-17(20(22)24)16-12-13-18(19(14-16)25-4)26-15-21(2,3)23/h12-14,17H,5-11,15,23H2,1-4H3,(H2,22,24). The molecule has 0 heterocycles. The second kappa shape index (κ2) is 11.1. The molecule has 1 unspecified atom stereocenters. The number of primary amides is 1. The zero-order valence-corrected chi connectivity index (χ0v) is 16.8. The topological polar surface area (TPSA) is 87.6 Å². The van der Waals surface area contributed by atoms with E-state index in [1.54, 1.807) is 7.11 Å². The summed E-state index contributed by atoms with van der Waals surface area (Å²) in [5.74, 6) is 0.631. The van der Waals surface area contributed by atoms with E-state index >= 15 is 0 Å². The van der Waals surface area contributed by atoms with E-state index in [1.807, 2.05) is 32.0 Å². The molecule has 5 nitrogen and oxygen atoms in total. The molecule has 26 heavy (non-hydrogen) atoms. The van der Waals surface area contributed by atoms with E-state index in [-0.39, 0.29) is 11.8 Å². The van der Waals surface area contributed by atoms with E-state index in [0.29, 0.717) is 18.1 Å². The van der Waals surface area contributed by atoms with E-state index in [1.165, 1.54) is 25.7 Å². The highest BCUT2D eigenvalue weighted by atomic mass is 16.5. The second-order valence-corrected chi connectivity index (χ2v) is 7.70. The number of benzene rings is 1. The highest BCUT2D eigenvalue weighted by Gasteiger charge is 2.20. The van der Waals surface area contributed by atoms with Crippen molar-refractivity contribution in [3.8, 4) is 11.5 Å². The van der Waals surface area contributed by atoms with Gasteiger partial charge in [0.2, 0.25) is 5.91 Å². The van der Waals surface area contributed by atoms with Gasteiger partial charge in [-0.05, 0) is 38.0 Å². The van der Waals surface area contributed by atoms with Gasteiger partial charge in [0.15, 0.2) is 11.5 Å². The number of methoxy groups -OCH3 is 1. The van der Waals surface area contributed by atoms with Gasteiger partial charge in [0.05, 0.1) is 13.0 Å². The molecule has 0 saturated heterocycles. The molecular weight excluding hydrogens is 328 g/mol. The highest BCUT2D eigenvalue weighted by Crippen LogP contribution is 2.33. The lowest BCUT2D eigenvalue weighted by molar-refractivity contribution is -0.119. The molecule has 1 aromatic carbocycles. The Bertz CT molecular complexity index is 553. The molecule has 148 valence electrons. The predicted molar refractivity (Wildman–Crippen MR) is 107 cm³/mol. The normalized spacial score (nSPS) is 12.7. The van der Waals surface area contributed by atoms with Gasteiger partial charge in [-0.25, -0.2) is 0 Å². The van der Waals surface area contributed by atoms with Crippen LogP contribution < -0.4 is 20.9 Å². The maximum Gasteiger partial charge on any atom is 0.224 e. The summed E-state index contributed by atoms with van der Waals surface area (Å²) in [5.41, 5.74) is 12.1. The lowest BCUT2D eigenvalue weighted by Gasteiger charge is -2.21. The van der Waals surface area contributed by atoms with Gasteiger partial charge < -0.3 is 20.9 Å². The van der Waals surface area contributed by atoms with E-state index in [4.69, 9.17) is 20.9 Å². The third kappa shape index (κ3) is 8.09. The largest absolute Gasteiger partial charge is 0.493 e. The summed E-state index contributed by atoms with van der Waals surface area (Å²) in [7, 11) is 1.59. The van der Waals surface area contributed by atoms with Crippen LogP contribution in [0.15, 0.2) is 18.2 Å². The first-order chi connectivity index (χ1) is 12.3. The van der Waals surface area contributed by atoms with Crippen LogP contribution in [0, 0.1) is 0 Å². The average Bonchev–Trinajstić information content (AvgIpc) is 2.58. The fourth-order valence-corrected chi connectivity index (χ4v) is 2.89. The maximum atomic E-state index is 11.9. The van der Waals surface area contributed by atoms with Gasteiger partial charge in [-0.2, -0.15) is 0 Å². The Hall–Kier alpha value is -1.75. The average molecular weight is 365 g/mol. The molecule has 0 aromatic heterocycles. The molecule has 0 saturated carbocycles. The first kappa shape index (κ1) is 22.3. The van der Waals surface area contributed by atoms with E-state index < -0.39 is 5.54 Å². The van der Waals surface area contributed by atoms with Crippen molar-refractivity contribution in [3.05, 3.63) is 23.8 Å². The summed E-state index contributed by atoms with van der Waals surface area (Å²) in [6.45, 7) is 6.38. The summed E-state index contributed by atoms with van der Waals surface area (Å²) in [6.07, 6.45) is 7.88. The van der Waals surface area contributed by atoms with Crippen molar-refractivity contribution >= 4 is 5.91 Å². The van der Waals surface area contributed by atoms with Crippen molar-refractivity contribution < 1.29 is 14.3 Å². The van der Waals surface area contributed by atoms with Crippen molar-refractivity contribution in [1.82, 2.24) is 0 Å². The van der Waals surface area contributed by atoms with Gasteiger partial charge in [0.1, 0.15) is 6.61 Å². The van der Waals surface area contributed by atoms with Gasteiger partial charge >= 0.3 is 0 Å². The third-order valence-electron chi connectivity index (χ3n) is 4.38. The minimum atomic E-state index is -0.433. The van der Waals surface area contributed by atoms with Crippen molar-refractivity contribution in [1.29, 1.82) is 0 Å². The molecule has 1 atom stereocenters. The van der Waals surface area contributed by atoms with Crippen LogP contribution in [0.1, 0.15) is 77.2 Å². The minimum Gasteiger partial charge on any atom is -0.493 e. The Labute approximate surface area is 158 Å². The first-order valence-corrected chi connectivity index (χ1v) is 9.67. The fraction of sp³-hybridized carbons (Fsp3) is 0.667. The number of carbonyl (C=O) groups is 1. The molecule has 1 rings (SSSR count). The van der Waals surface area contributed by atoms with Crippen LogP contribution in [0.25, 0.3) is 0 Å². The third-order valence-corrected chi connectivity index (χ3v) is 4.38. The number of ether oxygens (including phenoxy) is 2. The van der Waals surface area contributed by atoms with Crippen LogP contribution in [-0.4, -0.2) is 25.2 Å². The van der Waals surface area contributed by atoms with Crippen molar-refractivity contribution in [2.75, 3.05) is 13.7 Å². The van der Waals surface area contributed by atoms with Crippen molar-refractivity contribution in [2.24, 2.45) is 11.5 Å². The number of rotatable bonds is 13. The van der Waals surface area contributed by atoms with Crippen LogP contribution >= 0.6 is 0 Å². The number of amides is 1. The summed E-state index contributed by atoms with van der Waals surface area (Å²) in [6, 6.07) is 5.58. The smallest absolute Gasteiger partial charge is 0.224 e. The summed E-state index contributed by atoms with van der Waals surface area (Å²) >= 11 is 0. The summed E-state index contributed by atoms with van der Waals surface area (Å²) in [5, 5.41) is 0. The zero-order chi connectivity index (χ0) is 19.6. The zero-order valence-electron chi connectivity index (χ0n) is 16.8. The van der Waals surface area contributed by atoms with E-state index in [0.717, 1.165) is 24.8 Å². The van der Waals surface area contributed by atoms with Gasteiger partial charge in [0, 0.05) is 5.54 Å². The lowest BCUT2D eigenvalue weighted by Crippen LogP contribution is -2.38. The number of unbranched alkanes of at least 4 members (excludes halogenated alkanes) is 5. The van der Waals surface area contributed by atoms with Crippen molar-refractivity contribution in [3.63, 3.8) is 0 Å². The van der Waals surface area contributed by atoms with Crippen LogP contribution in [0.3, 0.4) is 0 Å². The molecule has 5 heteroatoms. The Morgan fingerprint density at radius 3 is 2.35 bits per heavy atom. The molecule has 0 radical (unpaired) electrons. The predicted octanol–water partition coefficient (Wildman–Crippen LogP) is 4.13.